The van der Waals surface area contributed by atoms with E-state index in [4.69, 9.17) is 4.74 Å². The maximum Gasteiger partial charge on any atom is 0.410 e. The van der Waals surface area contributed by atoms with Gasteiger partial charge < -0.3 is 9.64 Å². The van der Waals surface area contributed by atoms with Gasteiger partial charge in [0.15, 0.2) is 0 Å². The van der Waals surface area contributed by atoms with Gasteiger partial charge in [0.25, 0.3) is 0 Å². The third-order valence-electron chi connectivity index (χ3n) is 2.59. The predicted molar refractivity (Wildman–Crippen MR) is 56.1 cm³/mol. The third kappa shape index (κ3) is 2.50. The van der Waals surface area contributed by atoms with Crippen molar-refractivity contribution in [3.8, 4) is 0 Å². The van der Waals surface area contributed by atoms with E-state index in [1.807, 2.05) is 11.0 Å². The molecule has 0 N–H and O–H groups in total. The second-order valence-corrected chi connectivity index (χ2v) is 4.01. The van der Waals surface area contributed by atoms with Gasteiger partial charge in [-0.15, -0.1) is 6.58 Å². The van der Waals surface area contributed by atoms with E-state index in [0.29, 0.717) is 12.5 Å². The molecule has 0 bridgehead atoms. The molecule has 1 aliphatic heterocycles. The Morgan fingerprint density at radius 1 is 1.71 bits per heavy atom. The molecule has 0 spiro atoms. The normalized spacial score (nSPS) is 21.5. The zero-order valence-electron chi connectivity index (χ0n) is 9.03. The van der Waals surface area contributed by atoms with Crippen molar-refractivity contribution in [2.75, 3.05) is 13.2 Å². The summed E-state index contributed by atoms with van der Waals surface area (Å²) in [6.07, 6.45) is 3.65. The van der Waals surface area contributed by atoms with Gasteiger partial charge in [-0.05, 0) is 18.8 Å². The molecule has 1 heterocycles. The van der Waals surface area contributed by atoms with E-state index in [1.54, 1.807) is 0 Å². The van der Waals surface area contributed by atoms with Gasteiger partial charge in [0.05, 0.1) is 6.04 Å². The fraction of sp³-hybridized carbons (Fsp3) is 0.727. The molecule has 0 saturated carbocycles. The smallest absolute Gasteiger partial charge is 0.410 e. The maximum atomic E-state index is 11.4. The van der Waals surface area contributed by atoms with Gasteiger partial charge in [0.2, 0.25) is 0 Å². The highest BCUT2D eigenvalue weighted by Crippen LogP contribution is 2.19. The Hall–Kier alpha value is -0.990. The van der Waals surface area contributed by atoms with Crippen LogP contribution in [-0.2, 0) is 4.74 Å². The Balaban J connectivity index is 2.45. The van der Waals surface area contributed by atoms with Gasteiger partial charge in [-0.1, -0.05) is 19.9 Å². The summed E-state index contributed by atoms with van der Waals surface area (Å²) in [5, 5.41) is 0. The number of ether oxygens (including phenoxy) is 1. The summed E-state index contributed by atoms with van der Waals surface area (Å²) >= 11 is 0. The molecule has 0 radical (unpaired) electrons. The molecule has 1 saturated heterocycles. The minimum absolute atomic E-state index is 0.159. The molecule has 1 rings (SSSR count). The standard InChI is InChI=1S/C11H19NO2/c1-4-5-6-7-12-10(9(2)3)8-14-11(12)13/h4,9-10H,1,5-8H2,2-3H3/t10-/m1/s1. The van der Waals surface area contributed by atoms with Crippen molar-refractivity contribution in [1.29, 1.82) is 0 Å². The lowest BCUT2D eigenvalue weighted by Gasteiger charge is -2.23. The number of amides is 1. The molecule has 0 aromatic carbocycles. The van der Waals surface area contributed by atoms with Crippen LogP contribution in [0.1, 0.15) is 26.7 Å². The number of carbonyl (C=O) groups is 1. The lowest BCUT2D eigenvalue weighted by atomic mass is 10.0. The van der Waals surface area contributed by atoms with E-state index in [9.17, 15) is 4.79 Å². The summed E-state index contributed by atoms with van der Waals surface area (Å²) in [5.41, 5.74) is 0. The number of allylic oxidation sites excluding steroid dienone is 1. The summed E-state index contributed by atoms with van der Waals surface area (Å²) in [6.45, 7) is 9.23. The minimum atomic E-state index is -0.159. The summed E-state index contributed by atoms with van der Waals surface area (Å²) in [6, 6.07) is 0.257. The topological polar surface area (TPSA) is 29.5 Å². The number of cyclic esters (lactones) is 1. The first-order chi connectivity index (χ1) is 6.66. The number of unbranched alkanes of at least 4 members (excludes halogenated alkanes) is 1. The molecule has 3 heteroatoms. The van der Waals surface area contributed by atoms with Gasteiger partial charge in [-0.2, -0.15) is 0 Å². The molecular weight excluding hydrogens is 178 g/mol. The third-order valence-corrected chi connectivity index (χ3v) is 2.59. The number of carbonyl (C=O) groups excluding carboxylic acids is 1. The second kappa shape index (κ2) is 5.03. The maximum absolute atomic E-state index is 11.4. The molecule has 0 aromatic rings. The van der Waals surface area contributed by atoms with Crippen LogP contribution in [0.3, 0.4) is 0 Å². The molecule has 1 atom stereocenters. The number of rotatable bonds is 5. The van der Waals surface area contributed by atoms with Crippen LogP contribution in [-0.4, -0.2) is 30.2 Å². The number of nitrogens with zero attached hydrogens (tertiary/aromatic N) is 1. The Bertz CT molecular complexity index is 213. The molecule has 1 aliphatic rings. The van der Waals surface area contributed by atoms with E-state index in [0.717, 1.165) is 19.4 Å². The monoisotopic (exact) mass is 197 g/mol. The first-order valence-corrected chi connectivity index (χ1v) is 5.21. The van der Waals surface area contributed by atoms with Gasteiger partial charge in [-0.25, -0.2) is 4.79 Å². The van der Waals surface area contributed by atoms with Crippen LogP contribution in [0.5, 0.6) is 0 Å². The Kier molecular flexibility index (Phi) is 3.98. The van der Waals surface area contributed by atoms with Crippen molar-refractivity contribution in [2.45, 2.75) is 32.7 Å². The average Bonchev–Trinajstić information content (AvgIpc) is 2.48. The quantitative estimate of drug-likeness (QED) is 0.500. The fourth-order valence-corrected chi connectivity index (χ4v) is 1.68. The van der Waals surface area contributed by atoms with Gasteiger partial charge in [0.1, 0.15) is 6.61 Å². The van der Waals surface area contributed by atoms with E-state index in [-0.39, 0.29) is 12.1 Å². The van der Waals surface area contributed by atoms with Crippen LogP contribution in [0.25, 0.3) is 0 Å². The van der Waals surface area contributed by atoms with Crippen LogP contribution in [0.15, 0.2) is 12.7 Å². The van der Waals surface area contributed by atoms with Crippen molar-refractivity contribution < 1.29 is 9.53 Å². The lowest BCUT2D eigenvalue weighted by Crippen LogP contribution is -2.37. The van der Waals surface area contributed by atoms with Crippen LogP contribution in [0.2, 0.25) is 0 Å². The van der Waals surface area contributed by atoms with Crippen LogP contribution in [0, 0.1) is 5.92 Å². The zero-order valence-corrected chi connectivity index (χ0v) is 9.03. The van der Waals surface area contributed by atoms with Crippen LogP contribution < -0.4 is 0 Å². The molecule has 1 fully saturated rings. The highest BCUT2D eigenvalue weighted by molar-refractivity contribution is 5.70. The molecule has 80 valence electrons. The van der Waals surface area contributed by atoms with E-state index >= 15 is 0 Å². The fourth-order valence-electron chi connectivity index (χ4n) is 1.68. The Morgan fingerprint density at radius 3 is 3.00 bits per heavy atom. The van der Waals surface area contributed by atoms with Crippen molar-refractivity contribution in [2.24, 2.45) is 5.92 Å². The molecular formula is C11H19NO2. The highest BCUT2D eigenvalue weighted by Gasteiger charge is 2.33. The van der Waals surface area contributed by atoms with E-state index < -0.39 is 0 Å². The second-order valence-electron chi connectivity index (χ2n) is 4.01. The summed E-state index contributed by atoms with van der Waals surface area (Å²) in [4.78, 5) is 13.2. The highest BCUT2D eigenvalue weighted by atomic mass is 16.6. The van der Waals surface area contributed by atoms with Gasteiger partial charge >= 0.3 is 6.09 Å². The number of hydrogen-bond acceptors (Lipinski definition) is 2. The Morgan fingerprint density at radius 2 is 2.43 bits per heavy atom. The largest absolute Gasteiger partial charge is 0.447 e. The van der Waals surface area contributed by atoms with Crippen LogP contribution >= 0.6 is 0 Å². The van der Waals surface area contributed by atoms with E-state index in [2.05, 4.69) is 20.4 Å². The Labute approximate surface area is 85.7 Å². The summed E-state index contributed by atoms with van der Waals surface area (Å²) in [7, 11) is 0. The molecule has 3 nitrogen and oxygen atoms in total. The summed E-state index contributed by atoms with van der Waals surface area (Å²) < 4.78 is 5.03. The van der Waals surface area contributed by atoms with E-state index in [1.165, 1.54) is 0 Å². The van der Waals surface area contributed by atoms with Crippen molar-refractivity contribution in [3.05, 3.63) is 12.7 Å². The first-order valence-electron chi connectivity index (χ1n) is 5.21. The predicted octanol–water partition coefficient (Wildman–Crippen LogP) is 2.43. The first kappa shape index (κ1) is 11.1. The lowest BCUT2D eigenvalue weighted by molar-refractivity contribution is 0.156. The average molecular weight is 197 g/mol. The molecule has 0 aliphatic carbocycles. The SMILES string of the molecule is C=CCCCN1C(=O)OC[C@@H]1C(C)C. The van der Waals surface area contributed by atoms with Gasteiger partial charge in [0, 0.05) is 6.54 Å². The van der Waals surface area contributed by atoms with Crippen molar-refractivity contribution in [3.63, 3.8) is 0 Å². The van der Waals surface area contributed by atoms with Gasteiger partial charge in [-0.3, -0.25) is 0 Å². The van der Waals surface area contributed by atoms with Crippen LogP contribution in [0.4, 0.5) is 4.79 Å². The minimum Gasteiger partial charge on any atom is -0.447 e. The summed E-state index contributed by atoms with van der Waals surface area (Å²) in [5.74, 6) is 0.463. The molecule has 0 unspecified atom stereocenters. The number of hydrogen-bond donors (Lipinski definition) is 0. The molecule has 0 aromatic heterocycles. The molecule has 1 amide bonds. The zero-order chi connectivity index (χ0) is 10.6. The van der Waals surface area contributed by atoms with Crippen molar-refractivity contribution in [1.82, 2.24) is 4.90 Å². The molecule has 14 heavy (non-hydrogen) atoms. The van der Waals surface area contributed by atoms with Crippen molar-refractivity contribution >= 4 is 6.09 Å².